The summed E-state index contributed by atoms with van der Waals surface area (Å²) >= 11 is 0. The molecule has 1 aromatic carbocycles. The topological polar surface area (TPSA) is 93.4 Å². The lowest BCUT2D eigenvalue weighted by atomic mass is 10.2. The van der Waals surface area contributed by atoms with E-state index in [-0.39, 0.29) is 0 Å². The Labute approximate surface area is 112 Å². The van der Waals surface area contributed by atoms with Crippen LogP contribution in [-0.4, -0.2) is 30.1 Å². The number of rotatable bonds is 2. The Morgan fingerprint density at radius 3 is 3.00 bits per heavy atom. The molecule has 0 bridgehead atoms. The zero-order valence-corrected chi connectivity index (χ0v) is 10.2. The minimum atomic E-state index is 0.415. The first-order valence-corrected chi connectivity index (χ1v) is 5.94. The Balaban J connectivity index is 1.77. The molecule has 0 aliphatic heterocycles. The molecule has 3 heterocycles. The molecule has 0 fully saturated rings. The van der Waals surface area contributed by atoms with Crippen LogP contribution in [0.25, 0.3) is 34.0 Å². The lowest BCUT2D eigenvalue weighted by Gasteiger charge is -1.93. The van der Waals surface area contributed by atoms with Crippen molar-refractivity contribution in [3.05, 3.63) is 43.1 Å². The van der Waals surface area contributed by atoms with E-state index in [1.807, 2.05) is 18.2 Å². The van der Waals surface area contributed by atoms with Gasteiger partial charge in [0.05, 0.1) is 23.6 Å². The van der Waals surface area contributed by atoms with Gasteiger partial charge >= 0.3 is 0 Å². The second kappa shape index (κ2) is 4.23. The van der Waals surface area contributed by atoms with Gasteiger partial charge in [-0.1, -0.05) is 5.16 Å². The summed E-state index contributed by atoms with van der Waals surface area (Å²) in [6.07, 6.45) is 6.42. The molecule has 96 valence electrons. The standard InChI is InChI=1S/C13H8N6O/c1-2-9-10(17-7-16-9)5-8(1)13-18-12(19-20-13)11-6-14-3-4-15-11/h1-7H,(H,16,17). The van der Waals surface area contributed by atoms with Gasteiger partial charge in [-0.15, -0.1) is 0 Å². The molecule has 0 radical (unpaired) electrons. The maximum Gasteiger partial charge on any atom is 0.258 e. The van der Waals surface area contributed by atoms with Crippen molar-refractivity contribution >= 4 is 11.0 Å². The Hall–Kier alpha value is -3.09. The SMILES string of the molecule is c1cnc(-c2noc(-c3ccc4nc[nH]c4c3)n2)cn1. The number of nitrogens with zero attached hydrogens (tertiary/aromatic N) is 5. The third-order valence-corrected chi connectivity index (χ3v) is 2.89. The van der Waals surface area contributed by atoms with Crippen LogP contribution in [0.2, 0.25) is 0 Å². The van der Waals surface area contributed by atoms with E-state index in [4.69, 9.17) is 4.52 Å². The van der Waals surface area contributed by atoms with E-state index in [1.165, 1.54) is 0 Å². The summed E-state index contributed by atoms with van der Waals surface area (Å²) in [7, 11) is 0. The second-order valence-electron chi connectivity index (χ2n) is 4.15. The molecule has 4 rings (SSSR count). The highest BCUT2D eigenvalue weighted by Gasteiger charge is 2.12. The normalized spacial score (nSPS) is 11.0. The van der Waals surface area contributed by atoms with E-state index >= 15 is 0 Å². The van der Waals surface area contributed by atoms with E-state index in [0.29, 0.717) is 17.4 Å². The van der Waals surface area contributed by atoms with E-state index in [9.17, 15) is 0 Å². The number of aromatic nitrogens is 6. The van der Waals surface area contributed by atoms with Gasteiger partial charge in [0.15, 0.2) is 0 Å². The summed E-state index contributed by atoms with van der Waals surface area (Å²) in [6, 6.07) is 5.70. The molecule has 7 nitrogen and oxygen atoms in total. The lowest BCUT2D eigenvalue weighted by molar-refractivity contribution is 0.432. The third-order valence-electron chi connectivity index (χ3n) is 2.89. The molecule has 3 aromatic heterocycles. The van der Waals surface area contributed by atoms with Crippen LogP contribution < -0.4 is 0 Å². The van der Waals surface area contributed by atoms with Gasteiger partial charge < -0.3 is 9.51 Å². The second-order valence-corrected chi connectivity index (χ2v) is 4.15. The van der Waals surface area contributed by atoms with Crippen molar-refractivity contribution < 1.29 is 4.52 Å². The van der Waals surface area contributed by atoms with Gasteiger partial charge in [0.1, 0.15) is 5.69 Å². The molecule has 0 saturated heterocycles. The van der Waals surface area contributed by atoms with Crippen molar-refractivity contribution in [2.75, 3.05) is 0 Å². The highest BCUT2D eigenvalue weighted by Crippen LogP contribution is 2.23. The fourth-order valence-electron chi connectivity index (χ4n) is 1.93. The van der Waals surface area contributed by atoms with Crippen LogP contribution in [0.4, 0.5) is 0 Å². The number of hydrogen-bond acceptors (Lipinski definition) is 6. The van der Waals surface area contributed by atoms with Crippen molar-refractivity contribution in [3.63, 3.8) is 0 Å². The molecule has 0 amide bonds. The average Bonchev–Trinajstić information content (AvgIpc) is 3.16. The van der Waals surface area contributed by atoms with Crippen molar-refractivity contribution in [3.8, 4) is 23.0 Å². The monoisotopic (exact) mass is 264 g/mol. The summed E-state index contributed by atoms with van der Waals surface area (Å²) in [5.74, 6) is 0.847. The molecule has 0 unspecified atom stereocenters. The Kier molecular flexibility index (Phi) is 2.28. The van der Waals surface area contributed by atoms with Crippen LogP contribution >= 0.6 is 0 Å². The molecule has 0 aliphatic carbocycles. The van der Waals surface area contributed by atoms with Gasteiger partial charge in [0, 0.05) is 18.0 Å². The van der Waals surface area contributed by atoms with Gasteiger partial charge in [-0.2, -0.15) is 4.98 Å². The summed E-state index contributed by atoms with van der Waals surface area (Å²) in [5, 5.41) is 3.92. The number of imidazole rings is 1. The summed E-state index contributed by atoms with van der Waals surface area (Å²) in [5.41, 5.74) is 3.21. The van der Waals surface area contributed by atoms with Crippen molar-refractivity contribution in [1.29, 1.82) is 0 Å². The summed E-state index contributed by atoms with van der Waals surface area (Å²) in [4.78, 5) is 19.7. The van der Waals surface area contributed by atoms with Crippen LogP contribution in [0.15, 0.2) is 47.6 Å². The lowest BCUT2D eigenvalue weighted by Crippen LogP contribution is -1.86. The smallest absolute Gasteiger partial charge is 0.258 e. The molecule has 0 saturated carbocycles. The molecular formula is C13H8N6O. The van der Waals surface area contributed by atoms with Crippen LogP contribution in [0.3, 0.4) is 0 Å². The van der Waals surface area contributed by atoms with Crippen LogP contribution in [0, 0.1) is 0 Å². The molecule has 0 aliphatic rings. The fourth-order valence-corrected chi connectivity index (χ4v) is 1.93. The minimum absolute atomic E-state index is 0.415. The number of nitrogens with one attached hydrogen (secondary N) is 1. The van der Waals surface area contributed by atoms with E-state index < -0.39 is 0 Å². The van der Waals surface area contributed by atoms with Crippen LogP contribution in [-0.2, 0) is 0 Å². The predicted molar refractivity (Wildman–Crippen MR) is 70.4 cm³/mol. The number of fused-ring (bicyclic) bond motifs is 1. The molecular weight excluding hydrogens is 256 g/mol. The zero-order valence-electron chi connectivity index (χ0n) is 10.2. The molecule has 4 aromatic rings. The Morgan fingerprint density at radius 2 is 2.10 bits per heavy atom. The first-order chi connectivity index (χ1) is 9.90. The zero-order chi connectivity index (χ0) is 13.4. The highest BCUT2D eigenvalue weighted by atomic mass is 16.5. The predicted octanol–water partition coefficient (Wildman–Crippen LogP) is 2.07. The quantitative estimate of drug-likeness (QED) is 0.595. The van der Waals surface area contributed by atoms with Crippen LogP contribution in [0.5, 0.6) is 0 Å². The third kappa shape index (κ3) is 1.72. The van der Waals surface area contributed by atoms with Crippen molar-refractivity contribution in [2.45, 2.75) is 0 Å². The highest BCUT2D eigenvalue weighted by molar-refractivity contribution is 5.79. The van der Waals surface area contributed by atoms with Crippen LogP contribution in [0.1, 0.15) is 0 Å². The van der Waals surface area contributed by atoms with Gasteiger partial charge in [-0.25, -0.2) is 9.97 Å². The number of benzene rings is 1. The fraction of sp³-hybridized carbons (Fsp3) is 0. The number of hydrogen-bond donors (Lipinski definition) is 1. The van der Waals surface area contributed by atoms with Crippen molar-refractivity contribution in [1.82, 2.24) is 30.1 Å². The first kappa shape index (κ1) is 10.8. The maximum absolute atomic E-state index is 5.27. The van der Waals surface area contributed by atoms with E-state index in [2.05, 4.69) is 30.1 Å². The maximum atomic E-state index is 5.27. The summed E-state index contributed by atoms with van der Waals surface area (Å²) < 4.78 is 5.27. The van der Waals surface area contributed by atoms with Gasteiger partial charge in [0.25, 0.3) is 5.89 Å². The number of H-pyrrole nitrogens is 1. The minimum Gasteiger partial charge on any atom is -0.345 e. The molecule has 20 heavy (non-hydrogen) atoms. The Morgan fingerprint density at radius 1 is 1.10 bits per heavy atom. The van der Waals surface area contributed by atoms with Gasteiger partial charge in [-0.3, -0.25) is 4.98 Å². The van der Waals surface area contributed by atoms with E-state index in [0.717, 1.165) is 16.6 Å². The largest absolute Gasteiger partial charge is 0.345 e. The van der Waals surface area contributed by atoms with E-state index in [1.54, 1.807) is 24.9 Å². The van der Waals surface area contributed by atoms with Gasteiger partial charge in [0.2, 0.25) is 5.82 Å². The first-order valence-electron chi connectivity index (χ1n) is 5.94. The Bertz CT molecular complexity index is 867. The molecule has 7 heteroatoms. The summed E-state index contributed by atoms with van der Waals surface area (Å²) in [6.45, 7) is 0. The van der Waals surface area contributed by atoms with Crippen molar-refractivity contribution in [2.24, 2.45) is 0 Å². The number of aromatic amines is 1. The molecule has 0 atom stereocenters. The average molecular weight is 264 g/mol. The molecule has 1 N–H and O–H groups in total. The van der Waals surface area contributed by atoms with Gasteiger partial charge in [-0.05, 0) is 18.2 Å². The molecule has 0 spiro atoms.